The average molecular weight is 511 g/mol. The SMILES string of the molecule is CCC(c1ccccc1)N1CCN(C(=NC)NCCCCn2cnnc2)CC1.I. The van der Waals surface area contributed by atoms with Crippen LogP contribution in [0, 0.1) is 0 Å². The van der Waals surface area contributed by atoms with Crippen molar-refractivity contribution >= 4 is 29.9 Å². The molecule has 29 heavy (non-hydrogen) atoms. The summed E-state index contributed by atoms with van der Waals surface area (Å²) in [4.78, 5) is 9.49. The predicted molar refractivity (Wildman–Crippen MR) is 129 cm³/mol. The molecule has 1 saturated heterocycles. The average Bonchev–Trinajstić information content (AvgIpc) is 3.26. The molecule has 1 aromatic carbocycles. The second-order valence-corrected chi connectivity index (χ2v) is 7.24. The number of unbranched alkanes of at least 4 members (excludes halogenated alkanes) is 1. The molecule has 1 unspecified atom stereocenters. The number of hydrogen-bond donors (Lipinski definition) is 1. The van der Waals surface area contributed by atoms with E-state index in [9.17, 15) is 0 Å². The quantitative estimate of drug-likeness (QED) is 0.256. The third-order valence-corrected chi connectivity index (χ3v) is 5.43. The number of rotatable bonds is 8. The summed E-state index contributed by atoms with van der Waals surface area (Å²) in [5, 5.41) is 11.2. The van der Waals surface area contributed by atoms with Gasteiger partial charge in [0.2, 0.25) is 0 Å². The van der Waals surface area contributed by atoms with Gasteiger partial charge in [-0.3, -0.25) is 9.89 Å². The Morgan fingerprint density at radius 3 is 2.38 bits per heavy atom. The number of halogens is 1. The van der Waals surface area contributed by atoms with Gasteiger partial charge in [-0.2, -0.15) is 0 Å². The summed E-state index contributed by atoms with van der Waals surface area (Å²) in [5.74, 6) is 1.02. The number of benzene rings is 1. The fourth-order valence-corrected chi connectivity index (χ4v) is 3.91. The maximum absolute atomic E-state index is 4.50. The van der Waals surface area contributed by atoms with Crippen molar-refractivity contribution in [2.75, 3.05) is 39.8 Å². The van der Waals surface area contributed by atoms with Crippen molar-refractivity contribution in [1.82, 2.24) is 29.9 Å². The molecule has 3 rings (SSSR count). The summed E-state index contributed by atoms with van der Waals surface area (Å²) in [6.45, 7) is 8.36. The van der Waals surface area contributed by atoms with E-state index in [-0.39, 0.29) is 24.0 Å². The molecule has 0 spiro atoms. The van der Waals surface area contributed by atoms with E-state index >= 15 is 0 Å². The predicted octanol–water partition coefficient (Wildman–Crippen LogP) is 3.02. The third-order valence-electron chi connectivity index (χ3n) is 5.43. The summed E-state index contributed by atoms with van der Waals surface area (Å²) in [6, 6.07) is 11.4. The van der Waals surface area contributed by atoms with Gasteiger partial charge in [0, 0.05) is 52.4 Å². The number of piperazine rings is 1. The van der Waals surface area contributed by atoms with Gasteiger partial charge in [0.15, 0.2) is 5.96 Å². The summed E-state index contributed by atoms with van der Waals surface area (Å²) in [5.41, 5.74) is 1.43. The molecule has 0 amide bonds. The zero-order valence-corrected chi connectivity index (χ0v) is 19.9. The van der Waals surface area contributed by atoms with E-state index in [1.54, 1.807) is 12.7 Å². The van der Waals surface area contributed by atoms with Crippen LogP contribution in [0.5, 0.6) is 0 Å². The first kappa shape index (κ1) is 23.6. The first-order chi connectivity index (χ1) is 13.8. The van der Waals surface area contributed by atoms with Crippen molar-refractivity contribution < 1.29 is 0 Å². The van der Waals surface area contributed by atoms with Crippen molar-refractivity contribution in [1.29, 1.82) is 0 Å². The van der Waals surface area contributed by atoms with E-state index in [0.29, 0.717) is 6.04 Å². The van der Waals surface area contributed by atoms with Crippen molar-refractivity contribution in [2.24, 2.45) is 4.99 Å². The molecule has 0 aliphatic carbocycles. The Balaban J connectivity index is 0.00000300. The molecule has 1 atom stereocenters. The largest absolute Gasteiger partial charge is 0.356 e. The van der Waals surface area contributed by atoms with Gasteiger partial charge in [-0.25, -0.2) is 0 Å². The molecular formula is C21H34IN7. The molecule has 1 fully saturated rings. The lowest BCUT2D eigenvalue weighted by molar-refractivity contribution is 0.127. The second kappa shape index (κ2) is 12.8. The summed E-state index contributed by atoms with van der Waals surface area (Å²) >= 11 is 0. The molecule has 1 aliphatic rings. The van der Waals surface area contributed by atoms with E-state index in [4.69, 9.17) is 0 Å². The van der Waals surface area contributed by atoms with Crippen LogP contribution in [0.3, 0.4) is 0 Å². The van der Waals surface area contributed by atoms with Gasteiger partial charge >= 0.3 is 0 Å². The number of nitrogens with zero attached hydrogens (tertiary/aromatic N) is 6. The monoisotopic (exact) mass is 511 g/mol. The summed E-state index contributed by atoms with van der Waals surface area (Å²) < 4.78 is 2.02. The fraction of sp³-hybridized carbons (Fsp3) is 0.571. The molecular weight excluding hydrogens is 477 g/mol. The number of guanidine groups is 1. The van der Waals surface area contributed by atoms with Crippen molar-refractivity contribution in [3.05, 3.63) is 48.5 Å². The van der Waals surface area contributed by atoms with Crippen LogP contribution in [-0.2, 0) is 6.54 Å². The number of nitrogens with one attached hydrogen (secondary N) is 1. The van der Waals surface area contributed by atoms with Crippen LogP contribution in [0.4, 0.5) is 0 Å². The van der Waals surface area contributed by atoms with Crippen LogP contribution < -0.4 is 5.32 Å². The third kappa shape index (κ3) is 6.95. The van der Waals surface area contributed by atoms with Gasteiger partial charge in [-0.05, 0) is 24.8 Å². The first-order valence-electron chi connectivity index (χ1n) is 10.4. The van der Waals surface area contributed by atoms with Crippen molar-refractivity contribution in [2.45, 2.75) is 38.8 Å². The summed E-state index contributed by atoms with van der Waals surface area (Å²) in [6.07, 6.45) is 6.88. The number of hydrogen-bond acceptors (Lipinski definition) is 4. The van der Waals surface area contributed by atoms with E-state index < -0.39 is 0 Å². The number of aryl methyl sites for hydroxylation is 1. The number of aromatic nitrogens is 3. The molecule has 2 aromatic rings. The molecule has 1 aliphatic heterocycles. The van der Waals surface area contributed by atoms with Crippen LogP contribution in [-0.4, -0.2) is 70.3 Å². The summed E-state index contributed by atoms with van der Waals surface area (Å²) in [7, 11) is 1.88. The number of aliphatic imine (C=N–C) groups is 1. The highest BCUT2D eigenvalue weighted by Gasteiger charge is 2.25. The highest BCUT2D eigenvalue weighted by Crippen LogP contribution is 2.25. The minimum Gasteiger partial charge on any atom is -0.356 e. The molecule has 1 aromatic heterocycles. The second-order valence-electron chi connectivity index (χ2n) is 7.24. The van der Waals surface area contributed by atoms with Crippen LogP contribution in [0.2, 0.25) is 0 Å². The van der Waals surface area contributed by atoms with Crippen molar-refractivity contribution in [3.8, 4) is 0 Å². The van der Waals surface area contributed by atoms with Gasteiger partial charge in [0.1, 0.15) is 12.7 Å². The Hall–Kier alpha value is -1.68. The van der Waals surface area contributed by atoms with E-state index in [0.717, 1.165) is 64.5 Å². The molecule has 2 heterocycles. The van der Waals surface area contributed by atoms with Gasteiger partial charge in [-0.1, -0.05) is 37.3 Å². The Morgan fingerprint density at radius 1 is 1.07 bits per heavy atom. The highest BCUT2D eigenvalue weighted by molar-refractivity contribution is 14.0. The zero-order valence-electron chi connectivity index (χ0n) is 17.6. The minimum absolute atomic E-state index is 0. The first-order valence-corrected chi connectivity index (χ1v) is 10.4. The molecule has 0 bridgehead atoms. The molecule has 0 saturated carbocycles. The maximum Gasteiger partial charge on any atom is 0.193 e. The van der Waals surface area contributed by atoms with Crippen LogP contribution in [0.15, 0.2) is 48.0 Å². The smallest absolute Gasteiger partial charge is 0.193 e. The topological polar surface area (TPSA) is 61.6 Å². The molecule has 8 heteroatoms. The molecule has 7 nitrogen and oxygen atoms in total. The van der Waals surface area contributed by atoms with Crippen LogP contribution in [0.25, 0.3) is 0 Å². The maximum atomic E-state index is 4.50. The Kier molecular flexibility index (Phi) is 10.4. The highest BCUT2D eigenvalue weighted by atomic mass is 127. The van der Waals surface area contributed by atoms with E-state index in [1.165, 1.54) is 5.56 Å². The minimum atomic E-state index is 0. The van der Waals surface area contributed by atoms with Gasteiger partial charge in [0.05, 0.1) is 0 Å². The molecule has 1 N–H and O–H groups in total. The standard InChI is InChI=1S/C21H33N7.HI/c1-3-20(19-9-5-4-6-10-19)27-13-15-28(16-14-27)21(22-2)23-11-7-8-12-26-17-24-25-18-26;/h4-6,9-10,17-18,20H,3,7-8,11-16H2,1-2H3,(H,22,23);1H. The van der Waals surface area contributed by atoms with E-state index in [2.05, 4.69) is 67.6 Å². The lowest BCUT2D eigenvalue weighted by atomic mass is 10.0. The van der Waals surface area contributed by atoms with Gasteiger partial charge in [0.25, 0.3) is 0 Å². The normalized spacial score (nSPS) is 16.3. The van der Waals surface area contributed by atoms with Crippen LogP contribution in [0.1, 0.15) is 37.8 Å². The lowest BCUT2D eigenvalue weighted by Crippen LogP contribution is -2.53. The Labute approximate surface area is 191 Å². The van der Waals surface area contributed by atoms with E-state index in [1.807, 2.05) is 11.6 Å². The zero-order chi connectivity index (χ0) is 19.6. The molecule has 0 radical (unpaired) electrons. The fourth-order valence-electron chi connectivity index (χ4n) is 3.91. The van der Waals surface area contributed by atoms with Gasteiger partial charge in [-0.15, -0.1) is 34.2 Å². The van der Waals surface area contributed by atoms with Crippen LogP contribution >= 0.6 is 24.0 Å². The van der Waals surface area contributed by atoms with Crippen molar-refractivity contribution in [3.63, 3.8) is 0 Å². The van der Waals surface area contributed by atoms with Gasteiger partial charge < -0.3 is 14.8 Å². The molecule has 160 valence electrons. The Bertz CT molecular complexity index is 697. The Morgan fingerprint density at radius 2 is 1.76 bits per heavy atom. The lowest BCUT2D eigenvalue weighted by Gasteiger charge is -2.40.